The van der Waals surface area contributed by atoms with Crippen molar-refractivity contribution in [3.05, 3.63) is 89.0 Å². The first-order valence-electron chi connectivity index (χ1n) is 9.95. The molecule has 0 saturated heterocycles. The number of carbonyl (C=O) groups is 1. The van der Waals surface area contributed by atoms with Crippen LogP contribution in [-0.4, -0.2) is 20.9 Å². The Morgan fingerprint density at radius 2 is 1.70 bits per heavy atom. The van der Waals surface area contributed by atoms with Gasteiger partial charge in [-0.15, -0.1) is 0 Å². The van der Waals surface area contributed by atoms with Gasteiger partial charge in [-0.1, -0.05) is 35.4 Å². The third kappa shape index (κ3) is 3.96. The Bertz CT molecular complexity index is 1200. The fourth-order valence-electron chi connectivity index (χ4n) is 3.72. The van der Waals surface area contributed by atoms with Crippen molar-refractivity contribution in [1.29, 1.82) is 0 Å². The van der Waals surface area contributed by atoms with E-state index in [0.717, 1.165) is 29.5 Å². The molecular formula is C24H24N2O3S. The number of hydrogen-bond acceptors (Lipinski definition) is 3. The van der Waals surface area contributed by atoms with E-state index in [2.05, 4.69) is 5.32 Å². The minimum atomic E-state index is -3.63. The molecule has 1 N–H and O–H groups in total. The van der Waals surface area contributed by atoms with E-state index >= 15 is 0 Å². The predicted octanol–water partition coefficient (Wildman–Crippen LogP) is 4.70. The molecule has 1 amide bonds. The molecule has 0 aromatic heterocycles. The van der Waals surface area contributed by atoms with Crippen LogP contribution in [0.1, 0.15) is 33.5 Å². The second kappa shape index (κ2) is 7.95. The lowest BCUT2D eigenvalue weighted by atomic mass is 10.0. The van der Waals surface area contributed by atoms with Gasteiger partial charge in [0.25, 0.3) is 15.9 Å². The fourth-order valence-corrected chi connectivity index (χ4v) is 5.26. The molecule has 154 valence electrons. The monoisotopic (exact) mass is 420 g/mol. The molecule has 1 heterocycles. The molecule has 0 saturated carbocycles. The summed E-state index contributed by atoms with van der Waals surface area (Å²) in [6.07, 6.45) is 1.50. The van der Waals surface area contributed by atoms with Gasteiger partial charge in [-0.25, -0.2) is 8.42 Å². The van der Waals surface area contributed by atoms with Crippen LogP contribution in [0.15, 0.2) is 71.6 Å². The molecule has 1 aliphatic rings. The summed E-state index contributed by atoms with van der Waals surface area (Å²) < 4.78 is 27.9. The molecule has 0 radical (unpaired) electrons. The number of benzene rings is 3. The Morgan fingerprint density at radius 1 is 0.933 bits per heavy atom. The first kappa shape index (κ1) is 20.2. The predicted molar refractivity (Wildman–Crippen MR) is 120 cm³/mol. The van der Waals surface area contributed by atoms with Crippen LogP contribution in [0.3, 0.4) is 0 Å². The number of amides is 1. The van der Waals surface area contributed by atoms with Gasteiger partial charge in [0.2, 0.25) is 0 Å². The van der Waals surface area contributed by atoms with Crippen LogP contribution in [0.2, 0.25) is 0 Å². The van der Waals surface area contributed by atoms with Gasteiger partial charge in [-0.2, -0.15) is 0 Å². The maximum absolute atomic E-state index is 13.2. The van der Waals surface area contributed by atoms with E-state index in [0.29, 0.717) is 23.5 Å². The molecule has 0 spiro atoms. The first-order valence-corrected chi connectivity index (χ1v) is 11.4. The van der Waals surface area contributed by atoms with Crippen LogP contribution in [-0.2, 0) is 16.4 Å². The Labute approximate surface area is 177 Å². The number of nitrogens with one attached hydrogen (secondary N) is 1. The van der Waals surface area contributed by atoms with Crippen molar-refractivity contribution in [3.8, 4) is 0 Å². The highest BCUT2D eigenvalue weighted by Gasteiger charge is 2.29. The van der Waals surface area contributed by atoms with Crippen molar-refractivity contribution in [2.75, 3.05) is 16.2 Å². The van der Waals surface area contributed by atoms with E-state index in [9.17, 15) is 13.2 Å². The topological polar surface area (TPSA) is 66.5 Å². The Hall–Kier alpha value is -3.12. The van der Waals surface area contributed by atoms with Gasteiger partial charge in [0.15, 0.2) is 0 Å². The van der Waals surface area contributed by atoms with E-state index < -0.39 is 10.0 Å². The summed E-state index contributed by atoms with van der Waals surface area (Å²) in [5.74, 6) is -0.182. The number of nitrogens with zero attached hydrogens (tertiary/aromatic N) is 1. The molecule has 4 rings (SSSR count). The number of anilines is 2. The van der Waals surface area contributed by atoms with Crippen LogP contribution in [0.25, 0.3) is 0 Å². The maximum Gasteiger partial charge on any atom is 0.264 e. The summed E-state index contributed by atoms with van der Waals surface area (Å²) in [5, 5.41) is 2.92. The van der Waals surface area contributed by atoms with Gasteiger partial charge in [-0.05, 0) is 74.7 Å². The van der Waals surface area contributed by atoms with Gasteiger partial charge in [0.1, 0.15) is 0 Å². The molecule has 3 aromatic rings. The number of fused-ring (bicyclic) bond motifs is 1. The van der Waals surface area contributed by atoms with Crippen LogP contribution in [0.5, 0.6) is 0 Å². The molecule has 3 aromatic carbocycles. The van der Waals surface area contributed by atoms with Gasteiger partial charge < -0.3 is 5.32 Å². The normalized spacial score (nSPS) is 13.6. The Kier molecular flexibility index (Phi) is 5.35. The molecular weight excluding hydrogens is 396 g/mol. The largest absolute Gasteiger partial charge is 0.322 e. The van der Waals surface area contributed by atoms with Crippen molar-refractivity contribution >= 4 is 27.3 Å². The number of carbonyl (C=O) groups excluding carboxylic acids is 1. The van der Waals surface area contributed by atoms with E-state index in [1.165, 1.54) is 4.31 Å². The highest BCUT2D eigenvalue weighted by atomic mass is 32.2. The number of rotatable bonds is 4. The van der Waals surface area contributed by atoms with E-state index in [1.54, 1.807) is 30.3 Å². The van der Waals surface area contributed by atoms with Gasteiger partial charge in [0.05, 0.1) is 10.6 Å². The van der Waals surface area contributed by atoms with E-state index in [-0.39, 0.29) is 10.8 Å². The average molecular weight is 421 g/mol. The van der Waals surface area contributed by atoms with Gasteiger partial charge in [-0.3, -0.25) is 9.10 Å². The van der Waals surface area contributed by atoms with Crippen LogP contribution in [0.4, 0.5) is 11.4 Å². The maximum atomic E-state index is 13.2. The van der Waals surface area contributed by atoms with E-state index in [4.69, 9.17) is 0 Å². The lowest BCUT2D eigenvalue weighted by molar-refractivity contribution is 0.102. The fraction of sp³-hybridized carbons (Fsp3) is 0.208. The molecule has 6 heteroatoms. The smallest absolute Gasteiger partial charge is 0.264 e. The molecule has 0 aliphatic carbocycles. The standard InChI is InChI=1S/C24H24N2O3S/c1-17-8-11-22(12-9-17)30(28,29)26-14-4-7-19-16-21(10-13-23(19)26)25-24(27)20-6-3-5-18(2)15-20/h3,5-6,8-13,15-16H,4,7,14H2,1-2H3,(H,25,27). The summed E-state index contributed by atoms with van der Waals surface area (Å²) in [4.78, 5) is 12.8. The number of sulfonamides is 1. The van der Waals surface area contributed by atoms with Crippen molar-refractivity contribution in [2.45, 2.75) is 31.6 Å². The van der Waals surface area contributed by atoms with Crippen molar-refractivity contribution < 1.29 is 13.2 Å². The SMILES string of the molecule is Cc1ccc(S(=O)(=O)N2CCCc3cc(NC(=O)c4cccc(C)c4)ccc32)cc1. The summed E-state index contributed by atoms with van der Waals surface area (Å²) in [6.45, 7) is 4.32. The number of aryl methyl sites for hydroxylation is 3. The third-order valence-electron chi connectivity index (χ3n) is 5.30. The minimum absolute atomic E-state index is 0.182. The zero-order valence-electron chi connectivity index (χ0n) is 17.1. The van der Waals surface area contributed by atoms with E-state index in [1.807, 2.05) is 50.2 Å². The molecule has 0 unspecified atom stereocenters. The second-order valence-electron chi connectivity index (χ2n) is 7.66. The average Bonchev–Trinajstić information content (AvgIpc) is 2.73. The molecule has 30 heavy (non-hydrogen) atoms. The quantitative estimate of drug-likeness (QED) is 0.665. The van der Waals surface area contributed by atoms with Crippen LogP contribution < -0.4 is 9.62 Å². The number of hydrogen-bond donors (Lipinski definition) is 1. The summed E-state index contributed by atoms with van der Waals surface area (Å²) >= 11 is 0. The molecule has 0 atom stereocenters. The highest BCUT2D eigenvalue weighted by molar-refractivity contribution is 7.92. The van der Waals surface area contributed by atoms with Gasteiger partial charge in [0, 0.05) is 17.8 Å². The Morgan fingerprint density at radius 3 is 2.43 bits per heavy atom. The summed E-state index contributed by atoms with van der Waals surface area (Å²) in [7, 11) is -3.63. The zero-order chi connectivity index (χ0) is 21.3. The van der Waals surface area contributed by atoms with Crippen LogP contribution in [0, 0.1) is 13.8 Å². The van der Waals surface area contributed by atoms with Crippen molar-refractivity contribution in [2.24, 2.45) is 0 Å². The lowest BCUT2D eigenvalue weighted by Gasteiger charge is -2.31. The second-order valence-corrected chi connectivity index (χ2v) is 9.52. The Balaban J connectivity index is 1.61. The zero-order valence-corrected chi connectivity index (χ0v) is 17.9. The lowest BCUT2D eigenvalue weighted by Crippen LogP contribution is -2.35. The highest BCUT2D eigenvalue weighted by Crippen LogP contribution is 2.34. The summed E-state index contributed by atoms with van der Waals surface area (Å²) in [6, 6.07) is 19.7. The van der Waals surface area contributed by atoms with Crippen molar-refractivity contribution in [1.82, 2.24) is 0 Å². The van der Waals surface area contributed by atoms with Gasteiger partial charge >= 0.3 is 0 Å². The molecule has 1 aliphatic heterocycles. The van der Waals surface area contributed by atoms with Crippen LogP contribution >= 0.6 is 0 Å². The van der Waals surface area contributed by atoms with Crippen molar-refractivity contribution in [3.63, 3.8) is 0 Å². The molecule has 0 fully saturated rings. The molecule has 0 bridgehead atoms. The minimum Gasteiger partial charge on any atom is -0.322 e. The molecule has 5 nitrogen and oxygen atoms in total. The summed E-state index contributed by atoms with van der Waals surface area (Å²) in [5.41, 5.74) is 4.88. The first-order chi connectivity index (χ1) is 14.3. The third-order valence-corrected chi connectivity index (χ3v) is 7.13.